The molecule has 1 aromatic heterocycles. The maximum Gasteiger partial charge on any atom is 0.291 e. The van der Waals surface area contributed by atoms with Crippen molar-refractivity contribution >= 4 is 34.4 Å². The molecule has 0 saturated heterocycles. The summed E-state index contributed by atoms with van der Waals surface area (Å²) < 4.78 is 19.2. The second kappa shape index (κ2) is 5.52. The predicted octanol–water partition coefficient (Wildman–Crippen LogP) is 3.36. The number of carbonyl (C=O) groups is 3. The molecule has 1 N–H and O–H groups in total. The third kappa shape index (κ3) is 2.21. The quantitative estimate of drug-likeness (QED) is 0.717. The molecule has 1 aliphatic rings. The van der Waals surface area contributed by atoms with E-state index in [9.17, 15) is 18.8 Å². The maximum atomic E-state index is 13.8. The van der Waals surface area contributed by atoms with Crippen molar-refractivity contribution in [3.05, 3.63) is 64.7 Å². The fraction of sp³-hybridized carbons (Fsp3) is 0.105. The fourth-order valence-corrected chi connectivity index (χ4v) is 3.05. The number of imide groups is 1. The van der Waals surface area contributed by atoms with E-state index < -0.39 is 17.6 Å². The third-order valence-corrected chi connectivity index (χ3v) is 4.47. The summed E-state index contributed by atoms with van der Waals surface area (Å²) in [6, 6.07) is 8.92. The molecule has 4 rings (SSSR count). The topological polar surface area (TPSA) is 79.6 Å². The van der Waals surface area contributed by atoms with Crippen LogP contribution in [-0.4, -0.2) is 29.7 Å². The summed E-state index contributed by atoms with van der Waals surface area (Å²) in [5, 5.41) is 3.14. The Labute approximate surface area is 147 Å². The van der Waals surface area contributed by atoms with Crippen LogP contribution in [0.1, 0.15) is 36.8 Å². The number of aryl methyl sites for hydroxylation is 1. The van der Waals surface area contributed by atoms with Gasteiger partial charge in [0.1, 0.15) is 0 Å². The smallest absolute Gasteiger partial charge is 0.291 e. The van der Waals surface area contributed by atoms with Crippen LogP contribution in [0.2, 0.25) is 0 Å². The maximum absolute atomic E-state index is 13.8. The van der Waals surface area contributed by atoms with Crippen molar-refractivity contribution in [3.63, 3.8) is 0 Å². The van der Waals surface area contributed by atoms with Gasteiger partial charge in [0, 0.05) is 23.7 Å². The molecule has 7 heteroatoms. The first-order chi connectivity index (χ1) is 12.4. The van der Waals surface area contributed by atoms with E-state index >= 15 is 0 Å². The number of anilines is 1. The van der Waals surface area contributed by atoms with Gasteiger partial charge in [0.2, 0.25) is 0 Å². The summed E-state index contributed by atoms with van der Waals surface area (Å²) >= 11 is 0. The van der Waals surface area contributed by atoms with Crippen LogP contribution in [0.4, 0.5) is 10.1 Å². The zero-order valence-electron chi connectivity index (χ0n) is 13.9. The van der Waals surface area contributed by atoms with Gasteiger partial charge < -0.3 is 9.73 Å². The number of carbonyl (C=O) groups excluding carboxylic acids is 3. The zero-order valence-corrected chi connectivity index (χ0v) is 13.9. The lowest BCUT2D eigenvalue weighted by Gasteiger charge is -2.05. The number of hydrogen-bond donors (Lipinski definition) is 1. The number of hydrogen-bond acceptors (Lipinski definition) is 4. The van der Waals surface area contributed by atoms with E-state index in [1.807, 2.05) is 0 Å². The van der Waals surface area contributed by atoms with Gasteiger partial charge in [-0.25, -0.2) is 4.39 Å². The third-order valence-electron chi connectivity index (χ3n) is 4.47. The minimum absolute atomic E-state index is 0.00915. The molecule has 3 aromatic rings. The number of nitrogens with zero attached hydrogens (tertiary/aromatic N) is 1. The summed E-state index contributed by atoms with van der Waals surface area (Å²) in [5.41, 5.74) is 1.39. The number of benzene rings is 2. The van der Waals surface area contributed by atoms with Gasteiger partial charge in [-0.05, 0) is 31.2 Å². The van der Waals surface area contributed by atoms with E-state index in [0.29, 0.717) is 16.6 Å². The van der Waals surface area contributed by atoms with Crippen LogP contribution in [0.3, 0.4) is 0 Å². The molecule has 1 aliphatic heterocycles. The molecule has 0 atom stereocenters. The molecule has 6 nitrogen and oxygen atoms in total. The Kier molecular flexibility index (Phi) is 3.40. The van der Waals surface area contributed by atoms with Crippen LogP contribution in [0, 0.1) is 12.7 Å². The minimum Gasteiger partial charge on any atom is -0.448 e. The molecule has 0 bridgehead atoms. The van der Waals surface area contributed by atoms with E-state index in [1.165, 1.54) is 31.3 Å². The number of para-hydroxylation sites is 1. The molecule has 0 saturated carbocycles. The molecular weight excluding hydrogens is 339 g/mol. The normalized spacial score (nSPS) is 13.4. The van der Waals surface area contributed by atoms with Crippen LogP contribution in [0.5, 0.6) is 0 Å². The molecule has 0 unspecified atom stereocenters. The fourth-order valence-electron chi connectivity index (χ4n) is 3.05. The second-order valence-electron chi connectivity index (χ2n) is 6.06. The van der Waals surface area contributed by atoms with Crippen molar-refractivity contribution in [2.75, 3.05) is 12.4 Å². The lowest BCUT2D eigenvalue weighted by Crippen LogP contribution is -2.24. The largest absolute Gasteiger partial charge is 0.448 e. The Bertz CT molecular complexity index is 1120. The Hall–Kier alpha value is -3.48. The van der Waals surface area contributed by atoms with Gasteiger partial charge >= 0.3 is 0 Å². The highest BCUT2D eigenvalue weighted by Crippen LogP contribution is 2.29. The molecule has 0 radical (unpaired) electrons. The molecule has 3 amide bonds. The highest BCUT2D eigenvalue weighted by molar-refractivity contribution is 6.21. The molecule has 0 spiro atoms. The van der Waals surface area contributed by atoms with Gasteiger partial charge in [-0.1, -0.05) is 12.1 Å². The van der Waals surface area contributed by atoms with Crippen molar-refractivity contribution in [2.24, 2.45) is 0 Å². The van der Waals surface area contributed by atoms with Crippen LogP contribution in [0.25, 0.3) is 11.0 Å². The Morgan fingerprint density at radius 3 is 2.58 bits per heavy atom. The Balaban J connectivity index is 1.68. The van der Waals surface area contributed by atoms with E-state index in [1.54, 1.807) is 19.1 Å². The average molecular weight is 352 g/mol. The van der Waals surface area contributed by atoms with Crippen molar-refractivity contribution in [1.82, 2.24) is 4.90 Å². The standard InChI is InChI=1S/C19H13FN2O4/c1-9-11-4-3-5-14(20)16(11)26-15(9)17(23)21-10-6-7-12-13(8-10)19(25)22(2)18(12)24/h3-8H,1-2H3,(H,21,23). The van der Waals surface area contributed by atoms with E-state index in [0.717, 1.165) is 4.90 Å². The molecule has 2 aromatic carbocycles. The second-order valence-corrected chi connectivity index (χ2v) is 6.06. The Morgan fingerprint density at radius 2 is 1.85 bits per heavy atom. The monoisotopic (exact) mass is 352 g/mol. The predicted molar refractivity (Wildman–Crippen MR) is 91.7 cm³/mol. The molecule has 0 aliphatic carbocycles. The number of halogens is 1. The van der Waals surface area contributed by atoms with Crippen LogP contribution < -0.4 is 5.32 Å². The van der Waals surface area contributed by atoms with Crippen LogP contribution >= 0.6 is 0 Å². The highest BCUT2D eigenvalue weighted by atomic mass is 19.1. The van der Waals surface area contributed by atoms with Gasteiger partial charge in [0.05, 0.1) is 11.1 Å². The molecule has 130 valence electrons. The Morgan fingerprint density at radius 1 is 1.12 bits per heavy atom. The van der Waals surface area contributed by atoms with Gasteiger partial charge in [0.25, 0.3) is 17.7 Å². The van der Waals surface area contributed by atoms with Gasteiger partial charge in [-0.3, -0.25) is 19.3 Å². The van der Waals surface area contributed by atoms with Crippen molar-refractivity contribution in [1.29, 1.82) is 0 Å². The van der Waals surface area contributed by atoms with Gasteiger partial charge in [-0.15, -0.1) is 0 Å². The summed E-state index contributed by atoms with van der Waals surface area (Å²) in [6.45, 7) is 1.67. The van der Waals surface area contributed by atoms with Crippen LogP contribution in [-0.2, 0) is 0 Å². The summed E-state index contributed by atoms with van der Waals surface area (Å²) in [6.07, 6.45) is 0. The van der Waals surface area contributed by atoms with Crippen molar-refractivity contribution in [2.45, 2.75) is 6.92 Å². The number of fused-ring (bicyclic) bond motifs is 2. The summed E-state index contributed by atoms with van der Waals surface area (Å²) in [5.74, 6) is -1.93. The van der Waals surface area contributed by atoms with Crippen molar-refractivity contribution < 1.29 is 23.2 Å². The summed E-state index contributed by atoms with van der Waals surface area (Å²) in [4.78, 5) is 37.5. The first-order valence-corrected chi connectivity index (χ1v) is 7.84. The van der Waals surface area contributed by atoms with Crippen molar-refractivity contribution in [3.8, 4) is 0 Å². The van der Waals surface area contributed by atoms with Gasteiger partial charge in [-0.2, -0.15) is 0 Å². The first-order valence-electron chi connectivity index (χ1n) is 7.84. The van der Waals surface area contributed by atoms with Crippen LogP contribution in [0.15, 0.2) is 40.8 Å². The molecule has 2 heterocycles. The number of rotatable bonds is 2. The number of amides is 3. The van der Waals surface area contributed by atoms with Gasteiger partial charge in [0.15, 0.2) is 17.2 Å². The first kappa shape index (κ1) is 16.0. The van der Waals surface area contributed by atoms with E-state index in [-0.39, 0.29) is 28.4 Å². The highest BCUT2D eigenvalue weighted by Gasteiger charge is 2.33. The summed E-state index contributed by atoms with van der Waals surface area (Å²) in [7, 11) is 1.40. The van der Waals surface area contributed by atoms with E-state index in [2.05, 4.69) is 5.32 Å². The number of nitrogens with one attached hydrogen (secondary N) is 1. The van der Waals surface area contributed by atoms with E-state index in [4.69, 9.17) is 4.42 Å². The molecular formula is C19H13FN2O4. The minimum atomic E-state index is -0.567. The number of furan rings is 1. The molecule has 26 heavy (non-hydrogen) atoms. The zero-order chi connectivity index (χ0) is 18.6. The SMILES string of the molecule is Cc1c(C(=O)Nc2ccc3c(c2)C(=O)N(C)C3=O)oc2c(F)cccc12. The lowest BCUT2D eigenvalue weighted by molar-refractivity contribution is 0.0692. The average Bonchev–Trinajstić information content (AvgIpc) is 3.07. The lowest BCUT2D eigenvalue weighted by atomic mass is 10.1. The molecule has 0 fully saturated rings.